The van der Waals surface area contributed by atoms with Gasteiger partial charge in [0.15, 0.2) is 0 Å². The molecule has 0 atom stereocenters. The molecule has 0 aromatic carbocycles. The summed E-state index contributed by atoms with van der Waals surface area (Å²) in [5.74, 6) is 1.12. The van der Waals surface area contributed by atoms with Gasteiger partial charge in [-0.2, -0.15) is 15.0 Å². The Labute approximate surface area is 101 Å². The van der Waals surface area contributed by atoms with E-state index in [-0.39, 0.29) is 5.54 Å². The van der Waals surface area contributed by atoms with Crippen molar-refractivity contribution in [3.8, 4) is 6.01 Å². The molecule has 6 nitrogen and oxygen atoms in total. The summed E-state index contributed by atoms with van der Waals surface area (Å²) in [5.41, 5.74) is 0.121. The third-order valence-corrected chi connectivity index (χ3v) is 3.00. The van der Waals surface area contributed by atoms with Crippen LogP contribution in [0.1, 0.15) is 33.1 Å². The molecule has 0 saturated heterocycles. The van der Waals surface area contributed by atoms with Crippen LogP contribution in [0, 0.1) is 0 Å². The standard InChI is InChI=1S/C11H19N5O/c1-4-12-8-13-9(15-10(14-8)17-3)16-11(2)6-5-7-11/h4-7H2,1-3H3,(H2,12,13,14,15,16). The Morgan fingerprint density at radius 1 is 1.24 bits per heavy atom. The highest BCUT2D eigenvalue weighted by molar-refractivity contribution is 5.38. The minimum Gasteiger partial charge on any atom is -0.467 e. The smallest absolute Gasteiger partial charge is 0.322 e. The molecule has 1 aliphatic carbocycles. The van der Waals surface area contributed by atoms with Crippen LogP contribution in [-0.2, 0) is 0 Å². The fraction of sp³-hybridized carbons (Fsp3) is 0.727. The van der Waals surface area contributed by atoms with Gasteiger partial charge >= 0.3 is 6.01 Å². The van der Waals surface area contributed by atoms with Crippen molar-refractivity contribution in [3.63, 3.8) is 0 Å². The third-order valence-electron chi connectivity index (χ3n) is 3.00. The van der Waals surface area contributed by atoms with Crippen LogP contribution in [0.5, 0.6) is 6.01 Å². The molecule has 1 aliphatic rings. The average molecular weight is 237 g/mol. The first-order valence-electron chi connectivity index (χ1n) is 5.97. The van der Waals surface area contributed by atoms with Gasteiger partial charge < -0.3 is 15.4 Å². The van der Waals surface area contributed by atoms with Crippen LogP contribution in [-0.4, -0.2) is 34.1 Å². The van der Waals surface area contributed by atoms with Crippen LogP contribution >= 0.6 is 0 Å². The quantitative estimate of drug-likeness (QED) is 0.811. The highest BCUT2D eigenvalue weighted by Gasteiger charge is 2.32. The Hall–Kier alpha value is -1.59. The van der Waals surface area contributed by atoms with E-state index >= 15 is 0 Å². The second kappa shape index (κ2) is 4.73. The Morgan fingerprint density at radius 3 is 2.47 bits per heavy atom. The van der Waals surface area contributed by atoms with Crippen LogP contribution < -0.4 is 15.4 Å². The van der Waals surface area contributed by atoms with Gasteiger partial charge in [0.05, 0.1) is 7.11 Å². The molecule has 17 heavy (non-hydrogen) atoms. The van der Waals surface area contributed by atoms with Crippen molar-refractivity contribution >= 4 is 11.9 Å². The fourth-order valence-corrected chi connectivity index (χ4v) is 1.84. The normalized spacial score (nSPS) is 17.1. The van der Waals surface area contributed by atoms with Gasteiger partial charge in [-0.05, 0) is 33.1 Å². The van der Waals surface area contributed by atoms with Crippen molar-refractivity contribution in [1.82, 2.24) is 15.0 Å². The third kappa shape index (κ3) is 2.75. The lowest BCUT2D eigenvalue weighted by Gasteiger charge is -2.39. The zero-order valence-corrected chi connectivity index (χ0v) is 10.6. The van der Waals surface area contributed by atoms with Gasteiger partial charge in [0.1, 0.15) is 0 Å². The molecule has 0 spiro atoms. The first-order valence-corrected chi connectivity index (χ1v) is 5.97. The van der Waals surface area contributed by atoms with Gasteiger partial charge in [-0.3, -0.25) is 0 Å². The molecular weight excluding hydrogens is 218 g/mol. The predicted molar refractivity (Wildman–Crippen MR) is 66.4 cm³/mol. The topological polar surface area (TPSA) is 72.0 Å². The molecule has 1 fully saturated rings. The monoisotopic (exact) mass is 237 g/mol. The zero-order valence-electron chi connectivity index (χ0n) is 10.6. The molecule has 1 aromatic heterocycles. The van der Waals surface area contributed by atoms with E-state index in [2.05, 4.69) is 32.5 Å². The van der Waals surface area contributed by atoms with Crippen molar-refractivity contribution in [2.45, 2.75) is 38.6 Å². The number of aromatic nitrogens is 3. The average Bonchev–Trinajstić information content (AvgIpc) is 2.27. The molecule has 0 unspecified atom stereocenters. The van der Waals surface area contributed by atoms with E-state index in [0.717, 1.165) is 19.4 Å². The van der Waals surface area contributed by atoms with E-state index < -0.39 is 0 Å². The molecule has 1 saturated carbocycles. The molecule has 94 valence electrons. The number of ether oxygens (including phenoxy) is 1. The van der Waals surface area contributed by atoms with Crippen molar-refractivity contribution in [3.05, 3.63) is 0 Å². The van der Waals surface area contributed by atoms with Gasteiger partial charge in [-0.15, -0.1) is 0 Å². The van der Waals surface area contributed by atoms with Gasteiger partial charge in [0, 0.05) is 12.1 Å². The summed E-state index contributed by atoms with van der Waals surface area (Å²) >= 11 is 0. The molecule has 0 radical (unpaired) electrons. The molecular formula is C11H19N5O. The Kier molecular flexibility index (Phi) is 3.31. The van der Waals surface area contributed by atoms with Gasteiger partial charge in [0.2, 0.25) is 11.9 Å². The zero-order chi connectivity index (χ0) is 12.3. The lowest BCUT2D eigenvalue weighted by atomic mass is 9.79. The number of rotatable bonds is 5. The number of hydrogen-bond acceptors (Lipinski definition) is 6. The Morgan fingerprint density at radius 2 is 1.94 bits per heavy atom. The van der Waals surface area contributed by atoms with E-state index in [9.17, 15) is 0 Å². The predicted octanol–water partition coefficient (Wildman–Crippen LogP) is 1.67. The van der Waals surface area contributed by atoms with Gasteiger partial charge in [-0.25, -0.2) is 0 Å². The number of methoxy groups -OCH3 is 1. The summed E-state index contributed by atoms with van der Waals surface area (Å²) in [6, 6.07) is 0.335. The molecule has 2 rings (SSSR count). The number of nitrogens with zero attached hydrogens (tertiary/aromatic N) is 3. The lowest BCUT2D eigenvalue weighted by molar-refractivity contribution is 0.303. The van der Waals surface area contributed by atoms with Gasteiger partial charge in [0.25, 0.3) is 0 Å². The van der Waals surface area contributed by atoms with Gasteiger partial charge in [-0.1, -0.05) is 0 Å². The summed E-state index contributed by atoms with van der Waals surface area (Å²) in [6.45, 7) is 4.94. The van der Waals surface area contributed by atoms with Crippen molar-refractivity contribution in [1.29, 1.82) is 0 Å². The maximum Gasteiger partial charge on any atom is 0.322 e. The highest BCUT2D eigenvalue weighted by Crippen LogP contribution is 2.34. The van der Waals surface area contributed by atoms with Crippen LogP contribution in [0.3, 0.4) is 0 Å². The van der Waals surface area contributed by atoms with Crippen molar-refractivity contribution in [2.24, 2.45) is 0 Å². The van der Waals surface area contributed by atoms with Crippen molar-refractivity contribution in [2.75, 3.05) is 24.3 Å². The van der Waals surface area contributed by atoms with E-state index in [0.29, 0.717) is 17.9 Å². The highest BCUT2D eigenvalue weighted by atomic mass is 16.5. The van der Waals surface area contributed by atoms with Crippen LogP contribution in [0.4, 0.5) is 11.9 Å². The lowest BCUT2D eigenvalue weighted by Crippen LogP contribution is -2.42. The number of nitrogens with one attached hydrogen (secondary N) is 2. The number of anilines is 2. The Bertz CT molecular complexity index is 391. The van der Waals surface area contributed by atoms with Crippen LogP contribution in [0.2, 0.25) is 0 Å². The van der Waals surface area contributed by atoms with Crippen LogP contribution in [0.15, 0.2) is 0 Å². The van der Waals surface area contributed by atoms with E-state index in [1.165, 1.54) is 6.42 Å². The first-order chi connectivity index (χ1) is 8.15. The molecule has 2 N–H and O–H groups in total. The summed E-state index contributed by atoms with van der Waals surface area (Å²) in [5, 5.41) is 6.41. The Balaban J connectivity index is 2.16. The maximum absolute atomic E-state index is 5.07. The van der Waals surface area contributed by atoms with Crippen molar-refractivity contribution < 1.29 is 4.74 Å². The number of hydrogen-bond donors (Lipinski definition) is 2. The molecule has 0 amide bonds. The van der Waals surface area contributed by atoms with Crippen LogP contribution in [0.25, 0.3) is 0 Å². The fourth-order valence-electron chi connectivity index (χ4n) is 1.84. The molecule has 6 heteroatoms. The molecule has 0 bridgehead atoms. The summed E-state index contributed by atoms with van der Waals surface area (Å²) < 4.78 is 5.07. The summed E-state index contributed by atoms with van der Waals surface area (Å²) in [4.78, 5) is 12.6. The maximum atomic E-state index is 5.07. The minimum absolute atomic E-state index is 0.121. The summed E-state index contributed by atoms with van der Waals surface area (Å²) in [7, 11) is 1.56. The molecule has 1 aromatic rings. The molecule has 0 aliphatic heterocycles. The first kappa shape index (κ1) is 11.9. The summed E-state index contributed by atoms with van der Waals surface area (Å²) in [6.07, 6.45) is 3.56. The largest absolute Gasteiger partial charge is 0.467 e. The molecule has 1 heterocycles. The second-order valence-corrected chi connectivity index (χ2v) is 4.54. The van der Waals surface area contributed by atoms with E-state index in [4.69, 9.17) is 4.74 Å². The van der Waals surface area contributed by atoms with E-state index in [1.807, 2.05) is 6.92 Å². The van der Waals surface area contributed by atoms with E-state index in [1.54, 1.807) is 7.11 Å². The minimum atomic E-state index is 0.121. The SMILES string of the molecule is CCNc1nc(NC2(C)CCC2)nc(OC)n1. The second-order valence-electron chi connectivity index (χ2n) is 4.54.